The van der Waals surface area contributed by atoms with E-state index in [4.69, 9.17) is 16.6 Å². The van der Waals surface area contributed by atoms with Crippen molar-refractivity contribution in [2.24, 2.45) is 0 Å². The average molecular weight is 454 g/mol. The van der Waals surface area contributed by atoms with E-state index in [-0.39, 0.29) is 17.9 Å². The molecule has 1 aliphatic rings. The van der Waals surface area contributed by atoms with Gasteiger partial charge in [0.25, 0.3) is 5.91 Å². The maximum absolute atomic E-state index is 13.7. The maximum atomic E-state index is 13.7. The second-order valence-electron chi connectivity index (χ2n) is 9.22. The van der Waals surface area contributed by atoms with Crippen LogP contribution >= 0.6 is 11.6 Å². The third kappa shape index (κ3) is 4.81. The molecule has 170 valence electrons. The molecule has 0 bridgehead atoms. The molecule has 1 saturated heterocycles. The molecule has 1 amide bonds. The highest BCUT2D eigenvalue weighted by Crippen LogP contribution is 2.26. The van der Waals surface area contributed by atoms with Crippen LogP contribution in [-0.4, -0.2) is 56.7 Å². The van der Waals surface area contributed by atoms with Gasteiger partial charge in [0.1, 0.15) is 0 Å². The fourth-order valence-electron chi connectivity index (χ4n) is 4.24. The van der Waals surface area contributed by atoms with Crippen molar-refractivity contribution in [1.29, 1.82) is 0 Å². The summed E-state index contributed by atoms with van der Waals surface area (Å²) in [4.78, 5) is 22.9. The molecule has 0 saturated carbocycles. The third-order valence-electron chi connectivity index (χ3n) is 6.09. The van der Waals surface area contributed by atoms with Crippen LogP contribution in [0, 0.1) is 0 Å². The molecule has 2 aromatic heterocycles. The van der Waals surface area contributed by atoms with Crippen LogP contribution in [0.3, 0.4) is 0 Å². The molecule has 1 aliphatic heterocycles. The summed E-state index contributed by atoms with van der Waals surface area (Å²) < 4.78 is 1.91. The highest BCUT2D eigenvalue weighted by molar-refractivity contribution is 6.30. The topological polar surface area (TPSA) is 54.3 Å². The number of hydrogen-bond acceptors (Lipinski definition) is 4. The molecule has 6 nitrogen and oxygen atoms in total. The van der Waals surface area contributed by atoms with Crippen LogP contribution in [0.1, 0.15) is 67.7 Å². The standard InChI is InChI=1S/C25H32ClN5O/c1-17(2)23-14-21(22-15-27-31(18(3)4)24(22)28-23)25(32)30-11-5-10-29(12-13-30)16-19-6-8-20(26)9-7-19/h6-9,14-15,17-18H,5,10-13,16H2,1-4H3. The van der Waals surface area contributed by atoms with Gasteiger partial charge in [0.05, 0.1) is 17.1 Å². The Labute approximate surface area is 195 Å². The maximum Gasteiger partial charge on any atom is 0.254 e. The molecule has 1 fully saturated rings. The van der Waals surface area contributed by atoms with Gasteiger partial charge in [0.15, 0.2) is 5.65 Å². The van der Waals surface area contributed by atoms with E-state index in [9.17, 15) is 4.79 Å². The van der Waals surface area contributed by atoms with Crippen molar-refractivity contribution >= 4 is 28.5 Å². The normalized spacial score (nSPS) is 15.7. The molecule has 0 N–H and O–H groups in total. The van der Waals surface area contributed by atoms with E-state index in [1.165, 1.54) is 5.56 Å². The minimum Gasteiger partial charge on any atom is -0.337 e. The van der Waals surface area contributed by atoms with Gasteiger partial charge in [-0.15, -0.1) is 0 Å². The Balaban J connectivity index is 1.55. The first kappa shape index (κ1) is 22.7. The first-order chi connectivity index (χ1) is 15.3. The largest absolute Gasteiger partial charge is 0.337 e. The van der Waals surface area contributed by atoms with Crippen molar-refractivity contribution in [3.8, 4) is 0 Å². The summed E-state index contributed by atoms with van der Waals surface area (Å²) in [6.45, 7) is 12.6. The van der Waals surface area contributed by atoms with Crippen LogP contribution in [0.25, 0.3) is 11.0 Å². The molecule has 1 aromatic carbocycles. The number of aromatic nitrogens is 3. The Morgan fingerprint density at radius 1 is 1.06 bits per heavy atom. The predicted octanol–water partition coefficient (Wildman–Crippen LogP) is 5.14. The van der Waals surface area contributed by atoms with Crippen molar-refractivity contribution in [3.63, 3.8) is 0 Å². The fourth-order valence-corrected chi connectivity index (χ4v) is 4.36. The zero-order valence-corrected chi connectivity index (χ0v) is 20.1. The minimum atomic E-state index is 0.0796. The van der Waals surface area contributed by atoms with Gasteiger partial charge in [-0.05, 0) is 49.9 Å². The molecule has 0 spiro atoms. The van der Waals surface area contributed by atoms with Gasteiger partial charge in [-0.25, -0.2) is 9.67 Å². The van der Waals surface area contributed by atoms with E-state index < -0.39 is 0 Å². The quantitative estimate of drug-likeness (QED) is 0.537. The summed E-state index contributed by atoms with van der Waals surface area (Å²) in [5, 5.41) is 6.13. The average Bonchev–Trinajstić information content (AvgIpc) is 3.07. The van der Waals surface area contributed by atoms with Crippen LogP contribution in [0.5, 0.6) is 0 Å². The van der Waals surface area contributed by atoms with Crippen molar-refractivity contribution in [2.45, 2.75) is 52.6 Å². The predicted molar refractivity (Wildman–Crippen MR) is 129 cm³/mol. The van der Waals surface area contributed by atoms with Gasteiger partial charge in [0.2, 0.25) is 0 Å². The summed E-state index contributed by atoms with van der Waals surface area (Å²) in [6.07, 6.45) is 2.75. The lowest BCUT2D eigenvalue weighted by Crippen LogP contribution is -2.35. The number of rotatable bonds is 5. The minimum absolute atomic E-state index is 0.0796. The molecule has 3 aromatic rings. The SMILES string of the molecule is CC(C)c1cc(C(=O)N2CCCN(Cc3ccc(Cl)cc3)CC2)c2cnn(C(C)C)c2n1. The number of pyridine rings is 1. The van der Waals surface area contributed by atoms with Crippen molar-refractivity contribution < 1.29 is 4.79 Å². The molecule has 4 rings (SSSR count). The second-order valence-corrected chi connectivity index (χ2v) is 9.65. The lowest BCUT2D eigenvalue weighted by atomic mass is 10.0. The van der Waals surface area contributed by atoms with Crippen LogP contribution in [0.4, 0.5) is 0 Å². The van der Waals surface area contributed by atoms with Crippen LogP contribution in [0.2, 0.25) is 5.02 Å². The summed E-state index contributed by atoms with van der Waals surface area (Å²) in [6, 6.07) is 10.2. The molecule has 3 heterocycles. The second kappa shape index (κ2) is 9.59. The number of benzene rings is 1. The Kier molecular flexibility index (Phi) is 6.82. The van der Waals surface area contributed by atoms with Gasteiger partial charge >= 0.3 is 0 Å². The lowest BCUT2D eigenvalue weighted by molar-refractivity contribution is 0.0763. The van der Waals surface area contributed by atoms with Crippen LogP contribution < -0.4 is 0 Å². The van der Waals surface area contributed by atoms with Crippen molar-refractivity contribution in [1.82, 2.24) is 24.6 Å². The van der Waals surface area contributed by atoms with Crippen LogP contribution in [0.15, 0.2) is 36.5 Å². The third-order valence-corrected chi connectivity index (χ3v) is 6.34. The number of carbonyl (C=O) groups excluding carboxylic acids is 1. The van der Waals surface area contributed by atoms with E-state index in [0.717, 1.165) is 59.9 Å². The van der Waals surface area contributed by atoms with Gasteiger partial charge in [-0.2, -0.15) is 5.10 Å². The lowest BCUT2D eigenvalue weighted by Gasteiger charge is -2.23. The molecule has 0 radical (unpaired) electrons. The molecular weight excluding hydrogens is 422 g/mol. The van der Waals surface area contributed by atoms with Gasteiger partial charge in [-0.3, -0.25) is 9.69 Å². The highest BCUT2D eigenvalue weighted by atomic mass is 35.5. The van der Waals surface area contributed by atoms with Crippen molar-refractivity contribution in [2.75, 3.05) is 26.2 Å². The highest BCUT2D eigenvalue weighted by Gasteiger charge is 2.25. The number of nitrogens with zero attached hydrogens (tertiary/aromatic N) is 5. The number of halogens is 1. The number of fused-ring (bicyclic) bond motifs is 1. The molecular formula is C25H32ClN5O. The molecule has 0 unspecified atom stereocenters. The van der Waals surface area contributed by atoms with E-state index in [1.807, 2.05) is 27.8 Å². The fraction of sp³-hybridized carbons (Fsp3) is 0.480. The molecule has 0 aliphatic carbocycles. The smallest absolute Gasteiger partial charge is 0.254 e. The Morgan fingerprint density at radius 3 is 2.50 bits per heavy atom. The van der Waals surface area contributed by atoms with E-state index in [2.05, 4.69) is 49.8 Å². The Morgan fingerprint density at radius 2 is 1.81 bits per heavy atom. The molecule has 7 heteroatoms. The number of hydrogen-bond donors (Lipinski definition) is 0. The zero-order valence-electron chi connectivity index (χ0n) is 19.4. The molecule has 32 heavy (non-hydrogen) atoms. The van der Waals surface area contributed by atoms with Gasteiger partial charge in [0, 0.05) is 49.5 Å². The summed E-state index contributed by atoms with van der Waals surface area (Å²) in [5.74, 6) is 0.316. The van der Waals surface area contributed by atoms with Crippen molar-refractivity contribution in [3.05, 3.63) is 58.4 Å². The number of amides is 1. The van der Waals surface area contributed by atoms with Gasteiger partial charge in [-0.1, -0.05) is 37.6 Å². The van der Waals surface area contributed by atoms with Crippen LogP contribution in [-0.2, 0) is 6.54 Å². The van der Waals surface area contributed by atoms with E-state index in [0.29, 0.717) is 6.54 Å². The van der Waals surface area contributed by atoms with Gasteiger partial charge < -0.3 is 4.90 Å². The van der Waals surface area contributed by atoms with E-state index >= 15 is 0 Å². The summed E-state index contributed by atoms with van der Waals surface area (Å²) in [7, 11) is 0. The summed E-state index contributed by atoms with van der Waals surface area (Å²) >= 11 is 6.02. The Hall–Kier alpha value is -2.44. The number of carbonyl (C=O) groups is 1. The van der Waals surface area contributed by atoms with E-state index in [1.54, 1.807) is 6.20 Å². The first-order valence-corrected chi connectivity index (χ1v) is 11.9. The molecule has 0 atom stereocenters. The summed E-state index contributed by atoms with van der Waals surface area (Å²) in [5.41, 5.74) is 3.70. The zero-order chi connectivity index (χ0) is 22.8. The Bertz CT molecular complexity index is 1090. The monoisotopic (exact) mass is 453 g/mol. The first-order valence-electron chi connectivity index (χ1n) is 11.5.